The van der Waals surface area contributed by atoms with Crippen LogP contribution in [0.5, 0.6) is 5.75 Å². The molecule has 4 rings (SSSR count). The van der Waals surface area contributed by atoms with Crippen molar-refractivity contribution in [2.24, 2.45) is 7.05 Å². The average Bonchev–Trinajstić information content (AvgIpc) is 3.66. The highest BCUT2D eigenvalue weighted by Gasteiger charge is 2.60. The first-order valence-electron chi connectivity index (χ1n) is 13.1. The van der Waals surface area contributed by atoms with E-state index in [0.29, 0.717) is 19.3 Å². The lowest BCUT2D eigenvalue weighted by atomic mass is 9.76. The van der Waals surface area contributed by atoms with E-state index in [1.807, 2.05) is 10.0 Å². The van der Waals surface area contributed by atoms with Gasteiger partial charge in [-0.1, -0.05) is 12.1 Å². The Morgan fingerprint density at radius 1 is 1.07 bits per heavy atom. The summed E-state index contributed by atoms with van der Waals surface area (Å²) >= 11 is 0. The summed E-state index contributed by atoms with van der Waals surface area (Å²) in [5.74, 6) is -2.52. The SMILES string of the molecule is Cn1ccc(C2=C(C(=O)NS(=O)(=O)C3CC3)C(=O)N[C@@](c3ccc(OCCCCCC(F)(F)F)cc3)(C(F)(F)F)C2)c1. The summed E-state index contributed by atoms with van der Waals surface area (Å²) in [7, 11) is -2.50. The molecule has 2 aromatic rings. The molecule has 1 aliphatic heterocycles. The molecule has 230 valence electrons. The van der Waals surface area contributed by atoms with Gasteiger partial charge in [0.25, 0.3) is 11.8 Å². The Morgan fingerprint density at radius 2 is 1.74 bits per heavy atom. The molecule has 0 bridgehead atoms. The molecule has 8 nitrogen and oxygen atoms in total. The summed E-state index contributed by atoms with van der Waals surface area (Å²) in [5, 5.41) is 1.13. The first-order chi connectivity index (χ1) is 19.5. The molecule has 1 aromatic carbocycles. The van der Waals surface area contributed by atoms with Crippen molar-refractivity contribution in [2.75, 3.05) is 6.61 Å². The number of ether oxygens (including phenoxy) is 1. The second kappa shape index (κ2) is 11.7. The minimum Gasteiger partial charge on any atom is -0.494 e. The van der Waals surface area contributed by atoms with Gasteiger partial charge in [-0.3, -0.25) is 9.59 Å². The van der Waals surface area contributed by atoms with Crippen LogP contribution in [-0.4, -0.2) is 49.0 Å². The van der Waals surface area contributed by atoms with E-state index < -0.39 is 63.4 Å². The van der Waals surface area contributed by atoms with Crippen LogP contribution in [0.4, 0.5) is 26.3 Å². The topological polar surface area (TPSA) is 107 Å². The Morgan fingerprint density at radius 3 is 2.29 bits per heavy atom. The predicted molar refractivity (Wildman–Crippen MR) is 139 cm³/mol. The molecule has 1 aliphatic carbocycles. The lowest BCUT2D eigenvalue weighted by molar-refractivity contribution is -0.201. The van der Waals surface area contributed by atoms with E-state index in [2.05, 4.69) is 0 Å². The maximum atomic E-state index is 14.8. The van der Waals surface area contributed by atoms with Gasteiger partial charge in [-0.05, 0) is 67.0 Å². The number of aromatic nitrogens is 1. The van der Waals surface area contributed by atoms with E-state index in [0.717, 1.165) is 12.1 Å². The standard InChI is InChI=1S/C27H29F6N3O5S/c1-36-13-11-17(16-36)21-15-25(27(31,32)33,34-23(37)22(21)24(38)35-42(39,40)20-9-10-20)18-5-7-19(8-6-18)41-14-4-2-3-12-26(28,29)30/h5-8,11,13,16,20H,2-4,9-10,12,14-15H2,1H3,(H,34,37)(H,35,38)/t25-/m0/s1. The van der Waals surface area contributed by atoms with Crippen molar-refractivity contribution in [1.29, 1.82) is 0 Å². The van der Waals surface area contributed by atoms with Crippen LogP contribution in [0.25, 0.3) is 5.57 Å². The molecule has 1 saturated carbocycles. The molecule has 0 radical (unpaired) electrons. The number of nitrogens with zero attached hydrogens (tertiary/aromatic N) is 1. The lowest BCUT2D eigenvalue weighted by Gasteiger charge is -2.41. The van der Waals surface area contributed by atoms with Crippen LogP contribution >= 0.6 is 0 Å². The van der Waals surface area contributed by atoms with Gasteiger partial charge in [-0.25, -0.2) is 13.1 Å². The van der Waals surface area contributed by atoms with E-state index in [9.17, 15) is 44.3 Å². The molecule has 2 amide bonds. The van der Waals surface area contributed by atoms with Crippen LogP contribution in [0.15, 0.2) is 48.3 Å². The Labute approximate surface area is 238 Å². The number of rotatable bonds is 11. The molecule has 1 aromatic heterocycles. The van der Waals surface area contributed by atoms with E-state index in [1.54, 1.807) is 7.05 Å². The summed E-state index contributed by atoms with van der Waals surface area (Å²) in [6, 6.07) is 6.14. The van der Waals surface area contributed by atoms with Crippen LogP contribution < -0.4 is 14.8 Å². The number of carbonyl (C=O) groups is 2. The second-order valence-corrected chi connectivity index (χ2v) is 12.4. The van der Waals surface area contributed by atoms with E-state index in [-0.39, 0.29) is 41.9 Å². The van der Waals surface area contributed by atoms with Gasteiger partial charge < -0.3 is 14.6 Å². The molecule has 1 atom stereocenters. The van der Waals surface area contributed by atoms with Gasteiger partial charge in [0.2, 0.25) is 10.0 Å². The Kier molecular flexibility index (Phi) is 8.72. The Balaban J connectivity index is 1.60. The first-order valence-corrected chi connectivity index (χ1v) is 14.7. The molecule has 2 N–H and O–H groups in total. The average molecular weight is 622 g/mol. The summed E-state index contributed by atoms with van der Waals surface area (Å²) in [5.41, 5.74) is -4.19. The van der Waals surface area contributed by atoms with Crippen molar-refractivity contribution < 1.29 is 49.1 Å². The van der Waals surface area contributed by atoms with Gasteiger partial charge in [-0.2, -0.15) is 26.3 Å². The number of hydrogen-bond donors (Lipinski definition) is 2. The fourth-order valence-electron chi connectivity index (χ4n) is 4.74. The number of sulfonamides is 1. The largest absolute Gasteiger partial charge is 0.494 e. The zero-order valence-electron chi connectivity index (χ0n) is 22.4. The van der Waals surface area contributed by atoms with Crippen LogP contribution in [0.1, 0.15) is 56.1 Å². The van der Waals surface area contributed by atoms with Crippen molar-refractivity contribution in [2.45, 2.75) is 68.1 Å². The van der Waals surface area contributed by atoms with Crippen LogP contribution in [0.3, 0.4) is 0 Å². The van der Waals surface area contributed by atoms with Crippen molar-refractivity contribution in [1.82, 2.24) is 14.6 Å². The number of hydrogen-bond acceptors (Lipinski definition) is 5. The van der Waals surface area contributed by atoms with E-state index in [4.69, 9.17) is 4.74 Å². The highest BCUT2D eigenvalue weighted by Crippen LogP contribution is 2.48. The second-order valence-electron chi connectivity index (χ2n) is 10.4. The first kappa shape index (κ1) is 31.4. The van der Waals surface area contributed by atoms with E-state index >= 15 is 0 Å². The van der Waals surface area contributed by atoms with Gasteiger partial charge in [0.05, 0.1) is 11.9 Å². The summed E-state index contributed by atoms with van der Waals surface area (Å²) < 4.78 is 115. The molecule has 0 unspecified atom stereocenters. The molecular weight excluding hydrogens is 592 g/mol. The van der Waals surface area contributed by atoms with Gasteiger partial charge in [0.15, 0.2) is 5.54 Å². The number of unbranched alkanes of at least 4 members (excludes halogenated alkanes) is 2. The minimum absolute atomic E-state index is 0.0570. The third kappa shape index (κ3) is 7.10. The van der Waals surface area contributed by atoms with Crippen LogP contribution in [-0.2, 0) is 32.2 Å². The summed E-state index contributed by atoms with van der Waals surface area (Å²) in [6.45, 7) is 0.0570. The highest BCUT2D eigenvalue weighted by molar-refractivity contribution is 7.91. The quantitative estimate of drug-likeness (QED) is 0.212. The van der Waals surface area contributed by atoms with Crippen molar-refractivity contribution in [3.05, 3.63) is 59.4 Å². The van der Waals surface area contributed by atoms with Gasteiger partial charge >= 0.3 is 12.4 Å². The highest BCUT2D eigenvalue weighted by atomic mass is 32.2. The molecular formula is C27H29F6N3O5S. The summed E-state index contributed by atoms with van der Waals surface area (Å²) in [4.78, 5) is 26.3. The third-order valence-corrected chi connectivity index (χ3v) is 8.93. The number of aryl methyl sites for hydroxylation is 1. The zero-order valence-corrected chi connectivity index (χ0v) is 23.3. The fourth-order valence-corrected chi connectivity index (χ4v) is 6.02. The molecule has 2 aliphatic rings. The monoisotopic (exact) mass is 621 g/mol. The molecule has 0 saturated heterocycles. The molecule has 2 heterocycles. The van der Waals surface area contributed by atoms with Crippen LogP contribution in [0, 0.1) is 0 Å². The Bertz CT molecular complexity index is 1460. The van der Waals surface area contributed by atoms with Crippen LogP contribution in [0.2, 0.25) is 0 Å². The third-order valence-electron chi connectivity index (χ3n) is 7.11. The fraction of sp³-hybridized carbons (Fsp3) is 0.481. The maximum absolute atomic E-state index is 14.8. The zero-order chi connectivity index (χ0) is 30.9. The summed E-state index contributed by atoms with van der Waals surface area (Å²) in [6.07, 6.45) is -7.02. The maximum Gasteiger partial charge on any atom is 0.416 e. The van der Waals surface area contributed by atoms with Crippen molar-refractivity contribution >= 4 is 27.4 Å². The normalized spacial score (nSPS) is 19.9. The smallest absolute Gasteiger partial charge is 0.416 e. The molecule has 1 fully saturated rings. The number of carbonyl (C=O) groups excluding carboxylic acids is 2. The van der Waals surface area contributed by atoms with Gasteiger partial charge in [0, 0.05) is 32.3 Å². The van der Waals surface area contributed by atoms with Crippen molar-refractivity contribution in [3.8, 4) is 5.75 Å². The number of benzene rings is 1. The molecule has 42 heavy (non-hydrogen) atoms. The number of alkyl halides is 6. The van der Waals surface area contributed by atoms with Crippen molar-refractivity contribution in [3.63, 3.8) is 0 Å². The van der Waals surface area contributed by atoms with Gasteiger partial charge in [-0.15, -0.1) is 0 Å². The Hall–Kier alpha value is -3.49. The van der Waals surface area contributed by atoms with Gasteiger partial charge in [0.1, 0.15) is 11.3 Å². The number of nitrogens with one attached hydrogen (secondary N) is 2. The molecule has 15 heteroatoms. The number of halogens is 6. The number of amides is 2. The molecule has 0 spiro atoms. The predicted octanol–water partition coefficient (Wildman–Crippen LogP) is 4.87. The lowest BCUT2D eigenvalue weighted by Crippen LogP contribution is -2.59. The van der Waals surface area contributed by atoms with E-state index in [1.165, 1.54) is 35.2 Å². The minimum atomic E-state index is -5.05.